The Bertz CT molecular complexity index is 516. The van der Waals surface area contributed by atoms with Crippen LogP contribution in [0, 0.1) is 15.9 Å². The van der Waals surface area contributed by atoms with Gasteiger partial charge in [-0.3, -0.25) is 10.1 Å². The van der Waals surface area contributed by atoms with Crippen molar-refractivity contribution in [3.05, 3.63) is 28.1 Å². The van der Waals surface area contributed by atoms with Crippen LogP contribution in [-0.2, 0) is 0 Å². The average Bonchev–Trinajstić information content (AvgIpc) is 2.89. The van der Waals surface area contributed by atoms with Crippen LogP contribution in [0.3, 0.4) is 0 Å². The molecule has 7 heteroatoms. The lowest BCUT2D eigenvalue weighted by atomic mass is 9.97. The topological polar surface area (TPSA) is 90.4 Å². The Morgan fingerprint density at radius 3 is 2.65 bits per heavy atom. The number of nitro groups is 1. The third-order valence-electron chi connectivity index (χ3n) is 3.82. The van der Waals surface area contributed by atoms with E-state index in [0.717, 1.165) is 31.7 Å². The van der Waals surface area contributed by atoms with Gasteiger partial charge in [0, 0.05) is 18.2 Å². The number of nitrogens with one attached hydrogen (secondary N) is 1. The van der Waals surface area contributed by atoms with Crippen LogP contribution in [0.25, 0.3) is 0 Å². The van der Waals surface area contributed by atoms with E-state index in [4.69, 9.17) is 10.5 Å². The smallest absolute Gasteiger partial charge is 0.295 e. The van der Waals surface area contributed by atoms with Gasteiger partial charge >= 0.3 is 0 Å². The Balaban J connectivity index is 2.40. The van der Waals surface area contributed by atoms with E-state index in [-0.39, 0.29) is 22.7 Å². The van der Waals surface area contributed by atoms with Gasteiger partial charge in [0.05, 0.1) is 18.1 Å². The maximum absolute atomic E-state index is 13.6. The second-order valence-corrected chi connectivity index (χ2v) is 5.08. The molecule has 0 atom stereocenters. The molecule has 1 aromatic carbocycles. The molecule has 20 heavy (non-hydrogen) atoms. The molecule has 1 aliphatic rings. The van der Waals surface area contributed by atoms with Crippen LogP contribution >= 0.6 is 0 Å². The number of hydrogen-bond donors (Lipinski definition) is 2. The standard InChI is InChI=1S/C13H18FN3O3/c1-20-12-7-10(11(17(18)19)6-9(12)14)16-13(8-15)4-2-3-5-13/h6-7,16H,2-5,8,15H2,1H3. The van der Waals surface area contributed by atoms with E-state index in [1.54, 1.807) is 0 Å². The van der Waals surface area contributed by atoms with Crippen molar-refractivity contribution >= 4 is 11.4 Å². The summed E-state index contributed by atoms with van der Waals surface area (Å²) in [7, 11) is 1.32. The summed E-state index contributed by atoms with van der Waals surface area (Å²) in [4.78, 5) is 10.5. The minimum atomic E-state index is -0.752. The number of methoxy groups -OCH3 is 1. The second kappa shape index (κ2) is 5.62. The molecule has 1 aliphatic carbocycles. The van der Waals surface area contributed by atoms with Crippen molar-refractivity contribution in [2.75, 3.05) is 19.0 Å². The van der Waals surface area contributed by atoms with Gasteiger partial charge in [-0.2, -0.15) is 0 Å². The van der Waals surface area contributed by atoms with Crippen LogP contribution in [0.2, 0.25) is 0 Å². The van der Waals surface area contributed by atoms with Gasteiger partial charge in [0.25, 0.3) is 5.69 Å². The molecule has 1 saturated carbocycles. The Morgan fingerprint density at radius 2 is 2.15 bits per heavy atom. The number of nitrogens with zero attached hydrogens (tertiary/aromatic N) is 1. The van der Waals surface area contributed by atoms with Crippen molar-refractivity contribution in [2.24, 2.45) is 5.73 Å². The second-order valence-electron chi connectivity index (χ2n) is 5.08. The molecule has 0 aliphatic heterocycles. The van der Waals surface area contributed by atoms with Gasteiger partial charge in [0.1, 0.15) is 5.69 Å². The normalized spacial score (nSPS) is 16.9. The molecule has 0 radical (unpaired) electrons. The molecular formula is C13H18FN3O3. The molecule has 0 unspecified atom stereocenters. The van der Waals surface area contributed by atoms with E-state index in [1.165, 1.54) is 13.2 Å². The van der Waals surface area contributed by atoms with Gasteiger partial charge in [-0.05, 0) is 12.8 Å². The molecule has 6 nitrogen and oxygen atoms in total. The lowest BCUT2D eigenvalue weighted by Crippen LogP contribution is -2.42. The van der Waals surface area contributed by atoms with Crippen LogP contribution in [0.15, 0.2) is 12.1 Å². The number of benzene rings is 1. The Hall–Kier alpha value is -1.89. The van der Waals surface area contributed by atoms with Crippen LogP contribution in [0.1, 0.15) is 25.7 Å². The first-order valence-electron chi connectivity index (χ1n) is 6.51. The minimum Gasteiger partial charge on any atom is -0.494 e. The van der Waals surface area contributed by atoms with Crippen molar-refractivity contribution in [2.45, 2.75) is 31.2 Å². The Kier molecular flexibility index (Phi) is 4.08. The van der Waals surface area contributed by atoms with Gasteiger partial charge in [-0.25, -0.2) is 4.39 Å². The third kappa shape index (κ3) is 2.67. The third-order valence-corrected chi connectivity index (χ3v) is 3.82. The number of anilines is 1. The molecule has 0 spiro atoms. The van der Waals surface area contributed by atoms with Gasteiger partial charge in [0.15, 0.2) is 11.6 Å². The first-order chi connectivity index (χ1) is 9.51. The van der Waals surface area contributed by atoms with Crippen molar-refractivity contribution in [3.63, 3.8) is 0 Å². The van der Waals surface area contributed by atoms with Gasteiger partial charge in [-0.1, -0.05) is 12.8 Å². The number of nitro benzene ring substituents is 1. The average molecular weight is 283 g/mol. The molecule has 2 rings (SSSR count). The molecule has 0 amide bonds. The summed E-state index contributed by atoms with van der Waals surface area (Å²) >= 11 is 0. The zero-order valence-corrected chi connectivity index (χ0v) is 11.3. The van der Waals surface area contributed by atoms with Crippen LogP contribution in [0.5, 0.6) is 5.75 Å². The fourth-order valence-electron chi connectivity index (χ4n) is 2.67. The van der Waals surface area contributed by atoms with Crippen LogP contribution in [-0.4, -0.2) is 24.1 Å². The molecule has 1 aromatic rings. The predicted molar refractivity (Wildman–Crippen MR) is 73.5 cm³/mol. The van der Waals surface area contributed by atoms with Gasteiger partial charge in [-0.15, -0.1) is 0 Å². The lowest BCUT2D eigenvalue weighted by Gasteiger charge is -2.29. The molecule has 3 N–H and O–H groups in total. The zero-order valence-electron chi connectivity index (χ0n) is 11.3. The maximum Gasteiger partial charge on any atom is 0.295 e. The Morgan fingerprint density at radius 1 is 1.50 bits per heavy atom. The van der Waals surface area contributed by atoms with E-state index in [2.05, 4.69) is 5.32 Å². The van der Waals surface area contributed by atoms with E-state index < -0.39 is 10.7 Å². The monoisotopic (exact) mass is 283 g/mol. The molecule has 0 heterocycles. The molecule has 0 bridgehead atoms. The number of rotatable bonds is 5. The summed E-state index contributed by atoms with van der Waals surface area (Å²) in [6.07, 6.45) is 3.74. The first-order valence-corrected chi connectivity index (χ1v) is 6.51. The summed E-state index contributed by atoms with van der Waals surface area (Å²) in [5, 5.41) is 14.2. The number of nitrogens with two attached hydrogens (primary N) is 1. The summed E-state index contributed by atoms with van der Waals surface area (Å²) in [6, 6.07) is 2.20. The van der Waals surface area contributed by atoms with Crippen molar-refractivity contribution in [3.8, 4) is 5.75 Å². The highest BCUT2D eigenvalue weighted by atomic mass is 19.1. The van der Waals surface area contributed by atoms with E-state index in [0.29, 0.717) is 6.54 Å². The number of ether oxygens (including phenoxy) is 1. The predicted octanol–water partition coefficient (Wildman–Crippen LogP) is 2.43. The minimum absolute atomic E-state index is 0.0248. The molecule has 1 fully saturated rings. The highest BCUT2D eigenvalue weighted by molar-refractivity contribution is 5.66. The Labute approximate surface area is 116 Å². The quantitative estimate of drug-likeness (QED) is 0.639. The van der Waals surface area contributed by atoms with Crippen LogP contribution in [0.4, 0.5) is 15.8 Å². The highest BCUT2D eigenvalue weighted by Crippen LogP contribution is 2.38. The molecular weight excluding hydrogens is 265 g/mol. The van der Waals surface area contributed by atoms with E-state index in [1.807, 2.05) is 0 Å². The van der Waals surface area contributed by atoms with Gasteiger partial charge < -0.3 is 15.8 Å². The molecule has 0 saturated heterocycles. The van der Waals surface area contributed by atoms with Crippen molar-refractivity contribution in [1.29, 1.82) is 0 Å². The highest BCUT2D eigenvalue weighted by Gasteiger charge is 2.34. The largest absolute Gasteiger partial charge is 0.494 e. The zero-order chi connectivity index (χ0) is 14.8. The number of halogens is 1. The van der Waals surface area contributed by atoms with Crippen LogP contribution < -0.4 is 15.8 Å². The van der Waals surface area contributed by atoms with Crippen molar-refractivity contribution < 1.29 is 14.1 Å². The van der Waals surface area contributed by atoms with E-state index >= 15 is 0 Å². The number of hydrogen-bond acceptors (Lipinski definition) is 5. The summed E-state index contributed by atoms with van der Waals surface area (Å²) in [5.41, 5.74) is 5.40. The summed E-state index contributed by atoms with van der Waals surface area (Å²) < 4.78 is 18.5. The first kappa shape index (κ1) is 14.5. The summed E-state index contributed by atoms with van der Waals surface area (Å²) in [6.45, 7) is 0.379. The fourth-order valence-corrected chi connectivity index (χ4v) is 2.67. The maximum atomic E-state index is 13.6. The molecule has 110 valence electrons. The summed E-state index contributed by atoms with van der Waals surface area (Å²) in [5.74, 6) is -0.777. The molecule has 0 aromatic heterocycles. The van der Waals surface area contributed by atoms with Gasteiger partial charge in [0.2, 0.25) is 0 Å². The lowest BCUT2D eigenvalue weighted by molar-refractivity contribution is -0.384. The van der Waals surface area contributed by atoms with Crippen molar-refractivity contribution in [1.82, 2.24) is 0 Å². The SMILES string of the molecule is COc1cc(NC2(CN)CCCC2)c([N+](=O)[O-])cc1F. The fraction of sp³-hybridized carbons (Fsp3) is 0.538. The van der Waals surface area contributed by atoms with E-state index in [9.17, 15) is 14.5 Å².